The van der Waals surface area contributed by atoms with Crippen molar-refractivity contribution in [3.8, 4) is 0 Å². The average Bonchev–Trinajstić information content (AvgIpc) is 2.90. The molecule has 0 saturated carbocycles. The fourth-order valence-electron chi connectivity index (χ4n) is 3.02. The molecule has 1 saturated heterocycles. The Morgan fingerprint density at radius 3 is 3.05 bits per heavy atom. The zero-order valence-electron chi connectivity index (χ0n) is 13.2. The molecule has 1 aromatic rings. The van der Waals surface area contributed by atoms with Crippen LogP contribution in [0.5, 0.6) is 0 Å². The number of rotatable bonds is 6. The maximum atomic E-state index is 11.5. The van der Waals surface area contributed by atoms with E-state index in [1.165, 1.54) is 0 Å². The van der Waals surface area contributed by atoms with Crippen molar-refractivity contribution in [1.82, 2.24) is 20.2 Å². The summed E-state index contributed by atoms with van der Waals surface area (Å²) in [6.45, 7) is 4.78. The molecule has 2 N–H and O–H groups in total. The van der Waals surface area contributed by atoms with Gasteiger partial charge in [-0.15, -0.1) is 0 Å². The van der Waals surface area contributed by atoms with Crippen LogP contribution in [0.3, 0.4) is 0 Å². The van der Waals surface area contributed by atoms with Crippen LogP contribution < -0.4 is 5.32 Å². The van der Waals surface area contributed by atoms with Gasteiger partial charge >= 0.3 is 0 Å². The highest BCUT2D eigenvalue weighted by Gasteiger charge is 2.35. The van der Waals surface area contributed by atoms with Crippen LogP contribution in [0, 0.1) is 6.92 Å². The monoisotopic (exact) mass is 294 g/mol. The summed E-state index contributed by atoms with van der Waals surface area (Å²) in [6.07, 6.45) is 5.12. The zero-order chi connectivity index (χ0) is 15.3. The third-order valence-corrected chi connectivity index (χ3v) is 4.45. The van der Waals surface area contributed by atoms with E-state index in [1.54, 1.807) is 20.5 Å². The third kappa shape index (κ3) is 4.04. The standard InChI is InChI=1S/C15H26N4O2/c1-12-13(18-11-17-12)9-19-8-4-6-15(10-19,21-3)7-5-14(20)16-2/h11H,4-10H2,1-3H3,(H,16,20)(H,17,18). The predicted molar refractivity (Wildman–Crippen MR) is 80.9 cm³/mol. The molecule has 2 heterocycles. The summed E-state index contributed by atoms with van der Waals surface area (Å²) in [5.74, 6) is 0.0756. The molecule has 1 aliphatic rings. The van der Waals surface area contributed by atoms with Crippen molar-refractivity contribution in [2.24, 2.45) is 0 Å². The number of hydrogen-bond acceptors (Lipinski definition) is 4. The first-order chi connectivity index (χ1) is 10.1. The van der Waals surface area contributed by atoms with Crippen molar-refractivity contribution >= 4 is 5.91 Å². The summed E-state index contributed by atoms with van der Waals surface area (Å²) in [5.41, 5.74) is 2.00. The average molecular weight is 294 g/mol. The zero-order valence-corrected chi connectivity index (χ0v) is 13.2. The fourth-order valence-corrected chi connectivity index (χ4v) is 3.02. The number of likely N-dealkylation sites (tertiary alicyclic amines) is 1. The lowest BCUT2D eigenvalue weighted by Crippen LogP contribution is -2.49. The first-order valence-corrected chi connectivity index (χ1v) is 7.55. The van der Waals surface area contributed by atoms with E-state index >= 15 is 0 Å². The van der Waals surface area contributed by atoms with Gasteiger partial charge in [0.15, 0.2) is 0 Å². The highest BCUT2D eigenvalue weighted by molar-refractivity contribution is 5.75. The molecule has 1 aromatic heterocycles. The van der Waals surface area contributed by atoms with Crippen molar-refractivity contribution in [3.05, 3.63) is 17.7 Å². The summed E-state index contributed by atoms with van der Waals surface area (Å²) in [6, 6.07) is 0. The van der Waals surface area contributed by atoms with Gasteiger partial charge in [0.2, 0.25) is 5.91 Å². The molecule has 1 fully saturated rings. The number of aromatic nitrogens is 2. The van der Waals surface area contributed by atoms with Gasteiger partial charge in [0.05, 0.1) is 17.6 Å². The Morgan fingerprint density at radius 1 is 1.62 bits per heavy atom. The SMILES string of the molecule is CNC(=O)CCC1(OC)CCCN(Cc2nc[nH]c2C)C1. The molecule has 1 atom stereocenters. The van der Waals surface area contributed by atoms with Gasteiger partial charge in [-0.05, 0) is 32.7 Å². The number of nitrogens with zero attached hydrogens (tertiary/aromatic N) is 2. The Balaban J connectivity index is 1.96. The molecule has 1 amide bonds. The van der Waals surface area contributed by atoms with Crippen LogP contribution in [0.15, 0.2) is 6.33 Å². The summed E-state index contributed by atoms with van der Waals surface area (Å²) in [7, 11) is 3.43. The second-order valence-corrected chi connectivity index (χ2v) is 5.85. The molecule has 0 spiro atoms. The van der Waals surface area contributed by atoms with Gasteiger partial charge in [-0.2, -0.15) is 0 Å². The molecular formula is C15H26N4O2. The van der Waals surface area contributed by atoms with E-state index in [9.17, 15) is 4.79 Å². The molecule has 0 bridgehead atoms. The molecule has 6 nitrogen and oxygen atoms in total. The molecular weight excluding hydrogens is 268 g/mol. The lowest BCUT2D eigenvalue weighted by atomic mass is 9.87. The van der Waals surface area contributed by atoms with E-state index in [0.29, 0.717) is 6.42 Å². The maximum absolute atomic E-state index is 11.5. The molecule has 0 radical (unpaired) electrons. The molecule has 21 heavy (non-hydrogen) atoms. The minimum Gasteiger partial charge on any atom is -0.377 e. The van der Waals surface area contributed by atoms with Crippen LogP contribution in [0.25, 0.3) is 0 Å². The summed E-state index contributed by atoms with van der Waals surface area (Å²) < 4.78 is 5.80. The van der Waals surface area contributed by atoms with Crippen LogP contribution >= 0.6 is 0 Å². The third-order valence-electron chi connectivity index (χ3n) is 4.45. The van der Waals surface area contributed by atoms with Gasteiger partial charge in [-0.25, -0.2) is 4.98 Å². The number of imidazole rings is 1. The van der Waals surface area contributed by atoms with Gasteiger partial charge in [-0.3, -0.25) is 9.69 Å². The number of H-pyrrole nitrogens is 1. The van der Waals surface area contributed by atoms with Crippen LogP contribution in [-0.2, 0) is 16.1 Å². The minimum atomic E-state index is -0.213. The van der Waals surface area contributed by atoms with E-state index in [1.807, 2.05) is 6.92 Å². The molecule has 1 aliphatic heterocycles. The van der Waals surface area contributed by atoms with Gasteiger partial charge in [0.25, 0.3) is 0 Å². The van der Waals surface area contributed by atoms with Gasteiger partial charge in [0.1, 0.15) is 0 Å². The van der Waals surface area contributed by atoms with Crippen LogP contribution in [0.4, 0.5) is 0 Å². The van der Waals surface area contributed by atoms with Gasteiger partial charge < -0.3 is 15.0 Å². The number of aryl methyl sites for hydroxylation is 1. The fraction of sp³-hybridized carbons (Fsp3) is 0.733. The maximum Gasteiger partial charge on any atom is 0.219 e. The first-order valence-electron chi connectivity index (χ1n) is 7.55. The number of aromatic amines is 1. The van der Waals surface area contributed by atoms with E-state index in [-0.39, 0.29) is 11.5 Å². The van der Waals surface area contributed by atoms with E-state index in [4.69, 9.17) is 4.74 Å². The quantitative estimate of drug-likeness (QED) is 0.828. The number of carbonyl (C=O) groups excluding carboxylic acids is 1. The topological polar surface area (TPSA) is 70.2 Å². The summed E-state index contributed by atoms with van der Waals surface area (Å²) in [4.78, 5) is 21.4. The number of hydrogen-bond donors (Lipinski definition) is 2. The number of ether oxygens (including phenoxy) is 1. The van der Waals surface area contributed by atoms with Gasteiger partial charge in [-0.1, -0.05) is 0 Å². The number of nitrogens with one attached hydrogen (secondary N) is 2. The Morgan fingerprint density at radius 2 is 2.43 bits per heavy atom. The lowest BCUT2D eigenvalue weighted by molar-refractivity contribution is -0.124. The molecule has 1 unspecified atom stereocenters. The molecule has 0 aliphatic carbocycles. The molecule has 2 rings (SSSR count). The molecule has 118 valence electrons. The first kappa shape index (κ1) is 16.0. The van der Waals surface area contributed by atoms with E-state index < -0.39 is 0 Å². The van der Waals surface area contributed by atoms with E-state index in [0.717, 1.165) is 50.3 Å². The van der Waals surface area contributed by atoms with Crippen LogP contribution in [0.2, 0.25) is 0 Å². The smallest absolute Gasteiger partial charge is 0.219 e. The Kier molecular flexibility index (Phi) is 5.36. The molecule has 0 aromatic carbocycles. The normalized spacial score (nSPS) is 23.2. The predicted octanol–water partition coefficient (Wildman–Crippen LogP) is 1.23. The Bertz CT molecular complexity index is 474. The minimum absolute atomic E-state index is 0.0756. The second-order valence-electron chi connectivity index (χ2n) is 5.85. The van der Waals surface area contributed by atoms with Crippen LogP contribution in [-0.4, -0.2) is 53.6 Å². The van der Waals surface area contributed by atoms with Gasteiger partial charge in [0, 0.05) is 39.4 Å². The van der Waals surface area contributed by atoms with Crippen molar-refractivity contribution < 1.29 is 9.53 Å². The van der Waals surface area contributed by atoms with Crippen molar-refractivity contribution in [2.75, 3.05) is 27.2 Å². The Labute approximate surface area is 126 Å². The Hall–Kier alpha value is -1.40. The van der Waals surface area contributed by atoms with Crippen molar-refractivity contribution in [1.29, 1.82) is 0 Å². The van der Waals surface area contributed by atoms with Crippen molar-refractivity contribution in [2.45, 2.75) is 44.8 Å². The second kappa shape index (κ2) is 7.04. The molecule has 6 heteroatoms. The van der Waals surface area contributed by atoms with E-state index in [2.05, 4.69) is 20.2 Å². The number of methoxy groups -OCH3 is 1. The number of amides is 1. The largest absolute Gasteiger partial charge is 0.377 e. The summed E-state index contributed by atoms with van der Waals surface area (Å²) >= 11 is 0. The van der Waals surface area contributed by atoms with Crippen LogP contribution in [0.1, 0.15) is 37.1 Å². The lowest BCUT2D eigenvalue weighted by Gasteiger charge is -2.41. The highest BCUT2D eigenvalue weighted by Crippen LogP contribution is 2.30. The summed E-state index contributed by atoms with van der Waals surface area (Å²) in [5, 5.41) is 2.68. The van der Waals surface area contributed by atoms with Crippen molar-refractivity contribution in [3.63, 3.8) is 0 Å². The number of carbonyl (C=O) groups is 1. The number of piperidine rings is 1. The highest BCUT2D eigenvalue weighted by atomic mass is 16.5.